The van der Waals surface area contributed by atoms with Gasteiger partial charge < -0.3 is 5.32 Å². The van der Waals surface area contributed by atoms with Gasteiger partial charge in [-0.25, -0.2) is 4.98 Å². The first-order valence-electron chi connectivity index (χ1n) is 9.73. The fourth-order valence-corrected chi connectivity index (χ4v) is 3.77. The number of amides is 1. The van der Waals surface area contributed by atoms with Crippen molar-refractivity contribution in [1.29, 1.82) is 0 Å². The number of aromatic nitrogens is 2. The molecule has 4 rings (SSSR count). The van der Waals surface area contributed by atoms with Gasteiger partial charge in [-0.3, -0.25) is 15.1 Å². The van der Waals surface area contributed by atoms with Gasteiger partial charge in [0.1, 0.15) is 0 Å². The zero-order valence-corrected chi connectivity index (χ0v) is 17.2. The molecule has 2 aromatic heterocycles. The Bertz CT molecular complexity index is 1070. The number of thiazole rings is 1. The first-order valence-corrected chi connectivity index (χ1v) is 10.7. The lowest BCUT2D eigenvalue weighted by molar-refractivity contribution is -0.118. The largest absolute Gasteiger partial charge is 0.325 e. The van der Waals surface area contributed by atoms with Crippen LogP contribution in [0.1, 0.15) is 11.3 Å². The van der Waals surface area contributed by atoms with Crippen LogP contribution in [0.4, 0.5) is 5.69 Å². The molecule has 2 aromatic carbocycles. The van der Waals surface area contributed by atoms with Crippen LogP contribution in [-0.2, 0) is 17.8 Å². The van der Waals surface area contributed by atoms with Crippen molar-refractivity contribution in [3.63, 3.8) is 0 Å². The quantitative estimate of drug-likeness (QED) is 0.444. The molecule has 0 bridgehead atoms. The molecule has 0 spiro atoms. The van der Waals surface area contributed by atoms with Gasteiger partial charge in [-0.2, -0.15) is 0 Å². The Morgan fingerprint density at radius 1 is 0.967 bits per heavy atom. The Hall–Kier alpha value is -3.35. The van der Waals surface area contributed by atoms with E-state index in [4.69, 9.17) is 0 Å². The van der Waals surface area contributed by atoms with Crippen molar-refractivity contribution in [2.24, 2.45) is 0 Å². The van der Waals surface area contributed by atoms with Crippen LogP contribution in [0.2, 0.25) is 0 Å². The molecule has 5 nitrogen and oxygen atoms in total. The van der Waals surface area contributed by atoms with Gasteiger partial charge in [-0.15, -0.1) is 11.3 Å². The van der Waals surface area contributed by atoms with E-state index in [0.717, 1.165) is 28.1 Å². The van der Waals surface area contributed by atoms with Gasteiger partial charge in [0.2, 0.25) is 5.91 Å². The second-order valence-corrected chi connectivity index (χ2v) is 7.63. The highest BCUT2D eigenvalue weighted by Crippen LogP contribution is 2.22. The van der Waals surface area contributed by atoms with Crippen LogP contribution in [0.5, 0.6) is 0 Å². The fourth-order valence-electron chi connectivity index (χ4n) is 3.21. The highest BCUT2D eigenvalue weighted by atomic mass is 32.1. The molecule has 0 saturated carbocycles. The number of nitrogens with one attached hydrogen (secondary N) is 2. The highest BCUT2D eigenvalue weighted by Gasteiger charge is 2.19. The van der Waals surface area contributed by atoms with Crippen LogP contribution in [0, 0.1) is 0 Å². The molecule has 150 valence electrons. The zero-order valence-electron chi connectivity index (χ0n) is 16.4. The summed E-state index contributed by atoms with van der Waals surface area (Å²) in [6.45, 7) is 0.547. The molecule has 30 heavy (non-hydrogen) atoms. The van der Waals surface area contributed by atoms with Crippen LogP contribution in [0.3, 0.4) is 0 Å². The third-order valence-electron chi connectivity index (χ3n) is 4.76. The van der Waals surface area contributed by atoms with Gasteiger partial charge in [0, 0.05) is 30.0 Å². The molecule has 1 amide bonds. The molecule has 2 N–H and O–H groups in total. The number of anilines is 1. The molecule has 0 saturated heterocycles. The monoisotopic (exact) mass is 414 g/mol. The maximum absolute atomic E-state index is 13.1. The van der Waals surface area contributed by atoms with E-state index in [2.05, 4.69) is 20.6 Å². The normalized spacial score (nSPS) is 11.7. The molecule has 6 heteroatoms. The number of hydrogen-bond donors (Lipinski definition) is 2. The lowest BCUT2D eigenvalue weighted by Crippen LogP contribution is -2.41. The minimum atomic E-state index is -0.376. The summed E-state index contributed by atoms with van der Waals surface area (Å²) in [4.78, 5) is 21.5. The Kier molecular flexibility index (Phi) is 6.59. The third-order valence-corrected chi connectivity index (χ3v) is 5.39. The second kappa shape index (κ2) is 9.91. The fraction of sp³-hybridized carbons (Fsp3) is 0.125. The highest BCUT2D eigenvalue weighted by molar-refractivity contribution is 7.07. The summed E-state index contributed by atoms with van der Waals surface area (Å²) in [5.74, 6) is -0.0686. The Morgan fingerprint density at radius 3 is 2.57 bits per heavy atom. The van der Waals surface area contributed by atoms with E-state index in [1.165, 1.54) is 0 Å². The summed E-state index contributed by atoms with van der Waals surface area (Å²) in [6.07, 6.45) is 4.12. The average Bonchev–Trinajstić information content (AvgIpc) is 3.32. The first kappa shape index (κ1) is 19.9. The Labute approximate surface area is 179 Å². The van der Waals surface area contributed by atoms with Crippen LogP contribution in [0.15, 0.2) is 90.0 Å². The smallest absolute Gasteiger partial charge is 0.241 e. The topological polar surface area (TPSA) is 66.9 Å². The minimum Gasteiger partial charge on any atom is -0.325 e. The average molecular weight is 415 g/mol. The van der Waals surface area contributed by atoms with Crippen molar-refractivity contribution in [2.75, 3.05) is 5.32 Å². The molecule has 2 heterocycles. The van der Waals surface area contributed by atoms with Crippen LogP contribution in [-0.4, -0.2) is 21.9 Å². The van der Waals surface area contributed by atoms with Gasteiger partial charge >= 0.3 is 0 Å². The lowest BCUT2D eigenvalue weighted by atomic mass is 10.0. The maximum Gasteiger partial charge on any atom is 0.241 e. The number of hydrogen-bond acceptors (Lipinski definition) is 5. The second-order valence-electron chi connectivity index (χ2n) is 6.91. The summed E-state index contributed by atoms with van der Waals surface area (Å²) < 4.78 is 0. The predicted molar refractivity (Wildman–Crippen MR) is 121 cm³/mol. The Balaban J connectivity index is 1.49. The van der Waals surface area contributed by atoms with E-state index in [0.29, 0.717) is 13.0 Å². The van der Waals surface area contributed by atoms with Gasteiger partial charge in [-0.05, 0) is 47.4 Å². The molecular weight excluding hydrogens is 392 g/mol. The predicted octanol–water partition coefficient (Wildman–Crippen LogP) is 4.54. The number of carbonyl (C=O) groups excluding carboxylic acids is 1. The van der Waals surface area contributed by atoms with E-state index in [9.17, 15) is 4.79 Å². The number of benzene rings is 2. The number of nitrogens with zero attached hydrogens (tertiary/aromatic N) is 2. The van der Waals surface area contributed by atoms with Gasteiger partial charge in [0.25, 0.3) is 0 Å². The van der Waals surface area contributed by atoms with E-state index in [1.54, 1.807) is 29.2 Å². The standard InChI is InChI=1S/C24H22N4OS/c29-24(28-21-8-4-7-20(14-21)19-9-11-25-12-10-19)23(13-18-5-2-1-3-6-18)26-15-22-16-30-17-27-22/h1-12,14,16-17,23,26H,13,15H2,(H,28,29). The van der Waals surface area contributed by atoms with Gasteiger partial charge in [0.15, 0.2) is 0 Å². The summed E-state index contributed by atoms with van der Waals surface area (Å²) in [7, 11) is 0. The van der Waals surface area contributed by atoms with E-state index < -0.39 is 0 Å². The van der Waals surface area contributed by atoms with Gasteiger partial charge in [0.05, 0.1) is 17.2 Å². The summed E-state index contributed by atoms with van der Waals surface area (Å²) in [5, 5.41) is 8.42. The van der Waals surface area contributed by atoms with Crippen molar-refractivity contribution in [3.05, 3.63) is 101 Å². The zero-order chi connectivity index (χ0) is 20.6. The number of rotatable bonds is 8. The number of carbonyl (C=O) groups is 1. The van der Waals surface area contributed by atoms with Crippen molar-refractivity contribution >= 4 is 22.9 Å². The maximum atomic E-state index is 13.1. The van der Waals surface area contributed by atoms with E-state index >= 15 is 0 Å². The van der Waals surface area contributed by atoms with Crippen LogP contribution >= 0.6 is 11.3 Å². The third kappa shape index (κ3) is 5.37. The molecule has 1 atom stereocenters. The van der Waals surface area contributed by atoms with E-state index in [1.807, 2.05) is 72.1 Å². The van der Waals surface area contributed by atoms with Gasteiger partial charge in [-0.1, -0.05) is 42.5 Å². The molecule has 0 aliphatic rings. The molecule has 4 aromatic rings. The van der Waals surface area contributed by atoms with Crippen molar-refractivity contribution in [3.8, 4) is 11.1 Å². The van der Waals surface area contributed by atoms with Crippen molar-refractivity contribution in [2.45, 2.75) is 19.0 Å². The van der Waals surface area contributed by atoms with E-state index in [-0.39, 0.29) is 11.9 Å². The first-order chi connectivity index (χ1) is 14.8. The van der Waals surface area contributed by atoms with Crippen LogP contribution in [0.25, 0.3) is 11.1 Å². The summed E-state index contributed by atoms with van der Waals surface area (Å²) in [6, 6.07) is 21.4. The minimum absolute atomic E-state index is 0.0686. The molecular formula is C24H22N4OS. The molecule has 0 fully saturated rings. The molecule has 0 aliphatic carbocycles. The Morgan fingerprint density at radius 2 is 1.80 bits per heavy atom. The van der Waals surface area contributed by atoms with Crippen LogP contribution < -0.4 is 10.6 Å². The van der Waals surface area contributed by atoms with Crippen molar-refractivity contribution < 1.29 is 4.79 Å². The SMILES string of the molecule is O=C(Nc1cccc(-c2ccncc2)c1)C(Cc1ccccc1)NCc1cscn1. The lowest BCUT2D eigenvalue weighted by Gasteiger charge is -2.18. The summed E-state index contributed by atoms with van der Waals surface area (Å²) >= 11 is 1.55. The van der Waals surface area contributed by atoms with Crippen molar-refractivity contribution in [1.82, 2.24) is 15.3 Å². The number of pyridine rings is 1. The molecule has 0 radical (unpaired) electrons. The molecule has 1 unspecified atom stereocenters. The summed E-state index contributed by atoms with van der Waals surface area (Å²) in [5.41, 5.74) is 6.70. The molecule has 0 aliphatic heterocycles.